The Bertz CT molecular complexity index is 963. The Kier molecular flexibility index (Phi) is 5.12. The molecule has 4 nitrogen and oxygen atoms in total. The van der Waals surface area contributed by atoms with E-state index < -0.39 is 0 Å². The van der Waals surface area contributed by atoms with Crippen LogP contribution in [0, 0.1) is 18.3 Å². The monoisotopic (exact) mass is 345 g/mol. The molecular formula is C20H15N3OS. The number of amides is 1. The van der Waals surface area contributed by atoms with E-state index in [1.54, 1.807) is 18.3 Å². The van der Waals surface area contributed by atoms with E-state index in [-0.39, 0.29) is 5.91 Å². The maximum absolute atomic E-state index is 12.7. The molecule has 0 fully saturated rings. The molecule has 25 heavy (non-hydrogen) atoms. The number of rotatable bonds is 4. The summed E-state index contributed by atoms with van der Waals surface area (Å²) in [5.74, 6) is 0.290. The first kappa shape index (κ1) is 16.7. The molecule has 0 spiro atoms. The van der Waals surface area contributed by atoms with E-state index in [4.69, 9.17) is 0 Å². The summed E-state index contributed by atoms with van der Waals surface area (Å²) < 4.78 is 0. The van der Waals surface area contributed by atoms with Crippen LogP contribution in [0.25, 0.3) is 0 Å². The number of nitrogens with one attached hydrogen (secondary N) is 1. The van der Waals surface area contributed by atoms with Crippen molar-refractivity contribution in [3.05, 3.63) is 83.6 Å². The molecule has 5 heteroatoms. The lowest BCUT2D eigenvalue weighted by atomic mass is 10.2. The van der Waals surface area contributed by atoms with E-state index in [0.717, 1.165) is 15.4 Å². The van der Waals surface area contributed by atoms with Gasteiger partial charge in [-0.2, -0.15) is 5.26 Å². The lowest BCUT2D eigenvalue weighted by Crippen LogP contribution is -2.14. The summed E-state index contributed by atoms with van der Waals surface area (Å²) in [6.07, 6.45) is 1.66. The quantitative estimate of drug-likeness (QED) is 0.746. The van der Waals surface area contributed by atoms with Crippen LogP contribution in [-0.4, -0.2) is 10.9 Å². The number of benzene rings is 2. The predicted octanol–water partition coefficient (Wildman–Crippen LogP) is 4.67. The van der Waals surface area contributed by atoms with Gasteiger partial charge < -0.3 is 5.32 Å². The molecule has 3 aromatic rings. The largest absolute Gasteiger partial charge is 0.307 e. The smallest absolute Gasteiger partial charge is 0.257 e. The summed E-state index contributed by atoms with van der Waals surface area (Å²) in [5.41, 5.74) is 2.16. The molecule has 0 saturated heterocycles. The van der Waals surface area contributed by atoms with Gasteiger partial charge in [0.2, 0.25) is 0 Å². The number of hydrogen-bond donors (Lipinski definition) is 1. The van der Waals surface area contributed by atoms with Crippen molar-refractivity contribution in [2.45, 2.75) is 16.7 Å². The normalized spacial score (nSPS) is 10.1. The van der Waals surface area contributed by atoms with Gasteiger partial charge in [-0.05, 0) is 48.9 Å². The topological polar surface area (TPSA) is 65.8 Å². The molecule has 0 atom stereocenters. The van der Waals surface area contributed by atoms with Gasteiger partial charge in [0, 0.05) is 16.0 Å². The van der Waals surface area contributed by atoms with Crippen LogP contribution < -0.4 is 5.32 Å². The van der Waals surface area contributed by atoms with Crippen molar-refractivity contribution >= 4 is 23.5 Å². The van der Waals surface area contributed by atoms with Crippen molar-refractivity contribution in [3.8, 4) is 6.07 Å². The van der Waals surface area contributed by atoms with Gasteiger partial charge in [0.15, 0.2) is 0 Å². The SMILES string of the molecule is Cc1ccnc(NC(=O)c2ccccc2Sc2ccccc2C#N)c1. The second-order valence-corrected chi connectivity index (χ2v) is 6.46. The number of hydrogen-bond acceptors (Lipinski definition) is 4. The molecule has 1 heterocycles. The van der Waals surface area contributed by atoms with Gasteiger partial charge in [0.25, 0.3) is 5.91 Å². The highest BCUT2D eigenvalue weighted by Crippen LogP contribution is 2.32. The molecule has 0 unspecified atom stereocenters. The predicted molar refractivity (Wildman–Crippen MR) is 98.6 cm³/mol. The van der Waals surface area contributed by atoms with E-state index in [1.807, 2.05) is 55.5 Å². The first-order valence-corrected chi connectivity index (χ1v) is 8.49. The second-order valence-electron chi connectivity index (χ2n) is 5.38. The van der Waals surface area contributed by atoms with Crippen LogP contribution in [-0.2, 0) is 0 Å². The molecule has 122 valence electrons. The maximum atomic E-state index is 12.7. The lowest BCUT2D eigenvalue weighted by Gasteiger charge is -2.10. The third-order valence-corrected chi connectivity index (χ3v) is 4.67. The van der Waals surface area contributed by atoms with E-state index in [1.165, 1.54) is 11.8 Å². The zero-order chi connectivity index (χ0) is 17.6. The first-order valence-electron chi connectivity index (χ1n) is 7.67. The molecule has 0 bridgehead atoms. The third kappa shape index (κ3) is 4.06. The zero-order valence-electron chi connectivity index (χ0n) is 13.6. The van der Waals surface area contributed by atoms with Gasteiger partial charge in [0.1, 0.15) is 11.9 Å². The minimum Gasteiger partial charge on any atom is -0.307 e. The molecule has 0 aliphatic heterocycles. The summed E-state index contributed by atoms with van der Waals surface area (Å²) in [6, 6.07) is 20.5. The summed E-state index contributed by atoms with van der Waals surface area (Å²) in [4.78, 5) is 18.4. The van der Waals surface area contributed by atoms with Gasteiger partial charge in [-0.3, -0.25) is 4.79 Å². The van der Waals surface area contributed by atoms with Crippen LogP contribution in [0.4, 0.5) is 5.82 Å². The Morgan fingerprint density at radius 1 is 1.08 bits per heavy atom. The molecule has 3 rings (SSSR count). The number of nitrogens with zero attached hydrogens (tertiary/aromatic N) is 2. The van der Waals surface area contributed by atoms with E-state index in [2.05, 4.69) is 16.4 Å². The highest BCUT2D eigenvalue weighted by Gasteiger charge is 2.14. The summed E-state index contributed by atoms with van der Waals surface area (Å²) in [6.45, 7) is 1.94. The van der Waals surface area contributed by atoms with E-state index in [9.17, 15) is 10.1 Å². The highest BCUT2D eigenvalue weighted by atomic mass is 32.2. The maximum Gasteiger partial charge on any atom is 0.257 e. The number of aryl methyl sites for hydroxylation is 1. The van der Waals surface area contributed by atoms with E-state index >= 15 is 0 Å². The van der Waals surface area contributed by atoms with Crippen LogP contribution in [0.15, 0.2) is 76.7 Å². The first-order chi connectivity index (χ1) is 12.2. The zero-order valence-corrected chi connectivity index (χ0v) is 14.4. The standard InChI is InChI=1S/C20H15N3OS/c1-14-10-11-22-19(12-14)23-20(24)16-7-3-5-9-18(16)25-17-8-4-2-6-15(17)13-21/h2-12H,1H3,(H,22,23,24). The minimum atomic E-state index is -0.226. The fourth-order valence-corrected chi connectivity index (χ4v) is 3.32. The fourth-order valence-electron chi connectivity index (χ4n) is 2.30. The number of nitriles is 1. The Morgan fingerprint density at radius 3 is 2.56 bits per heavy atom. The van der Waals surface area contributed by atoms with Gasteiger partial charge in [-0.15, -0.1) is 0 Å². The number of carbonyl (C=O) groups is 1. The lowest BCUT2D eigenvalue weighted by molar-refractivity contribution is 0.102. The third-order valence-electron chi connectivity index (χ3n) is 3.52. The summed E-state index contributed by atoms with van der Waals surface area (Å²) >= 11 is 1.40. The Balaban J connectivity index is 1.88. The van der Waals surface area contributed by atoms with Gasteiger partial charge in [0.05, 0.1) is 11.1 Å². The molecule has 2 aromatic carbocycles. The van der Waals surface area contributed by atoms with Crippen molar-refractivity contribution < 1.29 is 4.79 Å². The van der Waals surface area contributed by atoms with Crippen LogP contribution in [0.1, 0.15) is 21.5 Å². The van der Waals surface area contributed by atoms with Crippen molar-refractivity contribution in [2.24, 2.45) is 0 Å². The molecule has 0 radical (unpaired) electrons. The number of anilines is 1. The van der Waals surface area contributed by atoms with Crippen LogP contribution in [0.5, 0.6) is 0 Å². The molecular weight excluding hydrogens is 330 g/mol. The van der Waals surface area contributed by atoms with Crippen molar-refractivity contribution in [2.75, 3.05) is 5.32 Å². The van der Waals surface area contributed by atoms with Crippen molar-refractivity contribution in [1.82, 2.24) is 4.98 Å². The minimum absolute atomic E-state index is 0.226. The molecule has 1 N–H and O–H groups in total. The van der Waals surface area contributed by atoms with Crippen LogP contribution >= 0.6 is 11.8 Å². The molecule has 1 aromatic heterocycles. The Labute approximate surface area is 150 Å². The van der Waals surface area contributed by atoms with Gasteiger partial charge in [-0.25, -0.2) is 4.98 Å². The summed E-state index contributed by atoms with van der Waals surface area (Å²) in [7, 11) is 0. The Hall–Kier alpha value is -3.10. The van der Waals surface area contributed by atoms with Crippen LogP contribution in [0.3, 0.4) is 0 Å². The van der Waals surface area contributed by atoms with Crippen molar-refractivity contribution in [3.63, 3.8) is 0 Å². The van der Waals surface area contributed by atoms with Gasteiger partial charge >= 0.3 is 0 Å². The molecule has 0 saturated carbocycles. The molecule has 1 amide bonds. The molecule has 0 aliphatic carbocycles. The summed E-state index contributed by atoms with van der Waals surface area (Å²) in [5, 5.41) is 12.1. The van der Waals surface area contributed by atoms with Gasteiger partial charge in [-0.1, -0.05) is 36.0 Å². The number of aromatic nitrogens is 1. The van der Waals surface area contributed by atoms with Crippen LogP contribution in [0.2, 0.25) is 0 Å². The number of pyridine rings is 1. The fraction of sp³-hybridized carbons (Fsp3) is 0.0500. The second kappa shape index (κ2) is 7.65. The highest BCUT2D eigenvalue weighted by molar-refractivity contribution is 7.99. The average Bonchev–Trinajstić information content (AvgIpc) is 2.62. The van der Waals surface area contributed by atoms with Crippen molar-refractivity contribution in [1.29, 1.82) is 5.26 Å². The van der Waals surface area contributed by atoms with E-state index in [0.29, 0.717) is 16.9 Å². The molecule has 0 aliphatic rings. The Morgan fingerprint density at radius 2 is 1.80 bits per heavy atom. The number of carbonyl (C=O) groups excluding carboxylic acids is 1. The average molecular weight is 345 g/mol.